The maximum absolute atomic E-state index is 14.4. The molecule has 1 saturated carbocycles. The number of amides is 2. The van der Waals surface area contributed by atoms with Crippen LogP contribution in [0.4, 0.5) is 9.18 Å². The molecule has 134 valence electrons. The average molecular weight is 354 g/mol. The molecular weight excluding hydrogens is 335 g/mol. The molecule has 1 aromatic carbocycles. The van der Waals surface area contributed by atoms with Crippen LogP contribution in [-0.2, 0) is 13.1 Å². The van der Waals surface area contributed by atoms with Gasteiger partial charge in [0.15, 0.2) is 11.6 Å². The average Bonchev–Trinajstić information content (AvgIpc) is 3.34. The zero-order valence-electron chi connectivity index (χ0n) is 14.1. The summed E-state index contributed by atoms with van der Waals surface area (Å²) in [5.41, 5.74) is 2.33. The van der Waals surface area contributed by atoms with Crippen molar-refractivity contribution in [2.24, 2.45) is 0 Å². The Morgan fingerprint density at radius 2 is 2.08 bits per heavy atom. The quantitative estimate of drug-likeness (QED) is 0.715. The molecule has 2 heterocycles. The van der Waals surface area contributed by atoms with E-state index in [9.17, 15) is 9.18 Å². The number of pyridine rings is 1. The normalized spacial score (nSPS) is 13.6. The van der Waals surface area contributed by atoms with Crippen molar-refractivity contribution in [3.05, 3.63) is 66.0 Å². The smallest absolute Gasteiger partial charge is 0.315 e. The van der Waals surface area contributed by atoms with Gasteiger partial charge in [-0.1, -0.05) is 18.2 Å². The number of hydrogen-bond acceptors (Lipinski definition) is 3. The van der Waals surface area contributed by atoms with Gasteiger partial charge in [0.25, 0.3) is 0 Å². The van der Waals surface area contributed by atoms with Crippen LogP contribution < -0.4 is 15.4 Å². The molecule has 0 spiro atoms. The van der Waals surface area contributed by atoms with Gasteiger partial charge in [0.1, 0.15) is 0 Å². The molecule has 0 bridgehead atoms. The van der Waals surface area contributed by atoms with Gasteiger partial charge in [-0.2, -0.15) is 0 Å². The number of carbonyl (C=O) groups is 1. The van der Waals surface area contributed by atoms with Crippen molar-refractivity contribution in [2.75, 3.05) is 0 Å². The molecule has 1 aliphatic rings. The zero-order chi connectivity index (χ0) is 17.9. The lowest BCUT2D eigenvalue weighted by molar-refractivity contribution is 0.240. The van der Waals surface area contributed by atoms with Gasteiger partial charge in [-0.25, -0.2) is 14.2 Å². The van der Waals surface area contributed by atoms with E-state index in [2.05, 4.69) is 15.6 Å². The van der Waals surface area contributed by atoms with Crippen molar-refractivity contribution >= 4 is 11.5 Å². The SMILES string of the molecule is O=C(NCc1ccc2cncn2c1)NCc1cccc(OC2CC2)c1F. The van der Waals surface area contributed by atoms with Crippen LogP contribution in [0, 0.1) is 5.82 Å². The van der Waals surface area contributed by atoms with Crippen LogP contribution in [0.2, 0.25) is 0 Å². The second-order valence-electron chi connectivity index (χ2n) is 6.35. The molecule has 2 amide bonds. The maximum atomic E-state index is 14.4. The highest BCUT2D eigenvalue weighted by Crippen LogP contribution is 2.29. The van der Waals surface area contributed by atoms with Crippen LogP contribution in [0.3, 0.4) is 0 Å². The van der Waals surface area contributed by atoms with E-state index in [1.54, 1.807) is 30.7 Å². The van der Waals surface area contributed by atoms with E-state index in [0.29, 0.717) is 12.1 Å². The molecule has 3 aromatic rings. The second-order valence-corrected chi connectivity index (χ2v) is 6.35. The molecule has 0 aliphatic heterocycles. The Morgan fingerprint density at radius 1 is 1.23 bits per heavy atom. The van der Waals surface area contributed by atoms with E-state index in [0.717, 1.165) is 23.9 Å². The lowest BCUT2D eigenvalue weighted by atomic mass is 10.2. The number of fused-ring (bicyclic) bond motifs is 1. The third kappa shape index (κ3) is 3.77. The van der Waals surface area contributed by atoms with Crippen molar-refractivity contribution < 1.29 is 13.9 Å². The number of halogens is 1. The van der Waals surface area contributed by atoms with Gasteiger partial charge in [0.2, 0.25) is 0 Å². The summed E-state index contributed by atoms with van der Waals surface area (Å²) in [6, 6.07) is 8.49. The number of benzene rings is 1. The van der Waals surface area contributed by atoms with E-state index in [4.69, 9.17) is 4.74 Å². The van der Waals surface area contributed by atoms with E-state index in [1.165, 1.54) is 0 Å². The lowest BCUT2D eigenvalue weighted by Gasteiger charge is -2.11. The molecule has 0 unspecified atom stereocenters. The molecule has 1 aliphatic carbocycles. The van der Waals surface area contributed by atoms with Gasteiger partial charge in [-0.05, 0) is 30.5 Å². The molecule has 0 radical (unpaired) electrons. The molecule has 0 saturated heterocycles. The van der Waals surface area contributed by atoms with Gasteiger partial charge in [0.05, 0.1) is 24.1 Å². The Balaban J connectivity index is 1.30. The summed E-state index contributed by atoms with van der Waals surface area (Å²) in [6.45, 7) is 0.466. The molecule has 2 aromatic heterocycles. The number of nitrogens with one attached hydrogen (secondary N) is 2. The Bertz CT molecular complexity index is 936. The summed E-state index contributed by atoms with van der Waals surface area (Å²) in [5.74, 6) is -0.161. The van der Waals surface area contributed by atoms with E-state index in [1.807, 2.05) is 22.7 Å². The van der Waals surface area contributed by atoms with Crippen molar-refractivity contribution in [1.29, 1.82) is 0 Å². The number of nitrogens with zero attached hydrogens (tertiary/aromatic N) is 2. The van der Waals surface area contributed by atoms with Crippen LogP contribution in [0.25, 0.3) is 5.52 Å². The Morgan fingerprint density at radius 3 is 2.92 bits per heavy atom. The molecule has 4 rings (SSSR count). The minimum Gasteiger partial charge on any atom is -0.487 e. The fourth-order valence-corrected chi connectivity index (χ4v) is 2.64. The van der Waals surface area contributed by atoms with Crippen molar-refractivity contribution in [2.45, 2.75) is 32.0 Å². The van der Waals surface area contributed by atoms with E-state index in [-0.39, 0.29) is 24.4 Å². The number of hydrogen-bond donors (Lipinski definition) is 2. The molecule has 2 N–H and O–H groups in total. The molecular formula is C19H19FN4O2. The minimum atomic E-state index is -0.412. The topological polar surface area (TPSA) is 67.7 Å². The van der Waals surface area contributed by atoms with E-state index < -0.39 is 5.82 Å². The number of carbonyl (C=O) groups excluding carboxylic acids is 1. The number of rotatable bonds is 6. The van der Waals surface area contributed by atoms with Crippen LogP contribution in [0.5, 0.6) is 5.75 Å². The molecule has 1 fully saturated rings. The Hall–Kier alpha value is -3.09. The van der Waals surface area contributed by atoms with Gasteiger partial charge in [-0.15, -0.1) is 0 Å². The van der Waals surface area contributed by atoms with Crippen molar-refractivity contribution in [1.82, 2.24) is 20.0 Å². The van der Waals surface area contributed by atoms with Crippen molar-refractivity contribution in [3.8, 4) is 5.75 Å². The summed E-state index contributed by atoms with van der Waals surface area (Å²) in [5, 5.41) is 5.44. The molecule has 26 heavy (non-hydrogen) atoms. The van der Waals surface area contributed by atoms with Gasteiger partial charge >= 0.3 is 6.03 Å². The number of urea groups is 1. The second kappa shape index (κ2) is 7.03. The summed E-state index contributed by atoms with van der Waals surface area (Å²) >= 11 is 0. The van der Waals surface area contributed by atoms with Crippen molar-refractivity contribution in [3.63, 3.8) is 0 Å². The van der Waals surface area contributed by atoms with Crippen LogP contribution in [-0.4, -0.2) is 21.5 Å². The third-order valence-electron chi connectivity index (χ3n) is 4.22. The summed E-state index contributed by atoms with van der Waals surface area (Å²) in [6.07, 6.45) is 7.44. The highest BCUT2D eigenvalue weighted by Gasteiger charge is 2.25. The number of aromatic nitrogens is 2. The molecule has 0 atom stereocenters. The Kier molecular flexibility index (Phi) is 4.43. The first-order chi connectivity index (χ1) is 12.7. The standard InChI is InChI=1S/C19H19FN4O2/c20-18-14(2-1-3-17(18)26-16-6-7-16)9-23-19(25)22-8-13-4-5-15-10-21-12-24(15)11-13/h1-5,10-12,16H,6-9H2,(H2,22,23,25). The Labute approximate surface area is 150 Å². The third-order valence-corrected chi connectivity index (χ3v) is 4.22. The summed E-state index contributed by atoms with van der Waals surface area (Å²) in [7, 11) is 0. The van der Waals surface area contributed by atoms with Crippen LogP contribution >= 0.6 is 0 Å². The van der Waals surface area contributed by atoms with Gasteiger partial charge in [0, 0.05) is 24.8 Å². The first-order valence-electron chi connectivity index (χ1n) is 8.55. The predicted molar refractivity (Wildman–Crippen MR) is 94.3 cm³/mol. The highest BCUT2D eigenvalue weighted by atomic mass is 19.1. The van der Waals surface area contributed by atoms with Gasteiger partial charge in [-0.3, -0.25) is 0 Å². The number of ether oxygens (including phenoxy) is 1. The largest absolute Gasteiger partial charge is 0.487 e. The summed E-state index contributed by atoms with van der Waals surface area (Å²) in [4.78, 5) is 16.0. The fraction of sp³-hybridized carbons (Fsp3) is 0.263. The number of imidazole rings is 1. The first-order valence-corrected chi connectivity index (χ1v) is 8.55. The first kappa shape index (κ1) is 16.4. The van der Waals surface area contributed by atoms with Gasteiger partial charge < -0.3 is 19.8 Å². The highest BCUT2D eigenvalue weighted by molar-refractivity contribution is 5.73. The summed E-state index contributed by atoms with van der Waals surface area (Å²) < 4.78 is 21.8. The van der Waals surface area contributed by atoms with Crippen LogP contribution in [0.1, 0.15) is 24.0 Å². The minimum absolute atomic E-state index is 0.0973. The lowest BCUT2D eigenvalue weighted by Crippen LogP contribution is -2.34. The fourth-order valence-electron chi connectivity index (χ4n) is 2.64. The zero-order valence-corrected chi connectivity index (χ0v) is 14.1. The predicted octanol–water partition coefficient (Wildman–Crippen LogP) is 3.01. The van der Waals surface area contributed by atoms with E-state index >= 15 is 0 Å². The van der Waals surface area contributed by atoms with Crippen LogP contribution in [0.15, 0.2) is 49.1 Å². The maximum Gasteiger partial charge on any atom is 0.315 e. The molecule has 7 heteroatoms. The monoisotopic (exact) mass is 354 g/mol. The molecule has 6 nitrogen and oxygen atoms in total.